The Morgan fingerprint density at radius 1 is 1.60 bits per heavy atom. The number of sulfone groups is 1. The fraction of sp³-hybridized carbons (Fsp3) is 0.273. The number of nitrogens with one attached hydrogen (secondary N) is 2. The lowest BCUT2D eigenvalue weighted by atomic mass is 10.3. The van der Waals surface area contributed by atoms with Gasteiger partial charge in [0.25, 0.3) is 0 Å². The van der Waals surface area contributed by atoms with E-state index in [0.717, 1.165) is 16.9 Å². The van der Waals surface area contributed by atoms with E-state index >= 15 is 0 Å². The number of anilines is 2. The molecular weight excluding hydrogens is 298 g/mol. The molecule has 2 heterocycles. The van der Waals surface area contributed by atoms with Crippen molar-refractivity contribution in [2.24, 2.45) is 0 Å². The Morgan fingerprint density at radius 2 is 2.35 bits per heavy atom. The zero-order valence-electron chi connectivity index (χ0n) is 10.7. The second-order valence-electron chi connectivity index (χ2n) is 3.98. The van der Waals surface area contributed by atoms with Crippen LogP contribution in [0.3, 0.4) is 0 Å². The summed E-state index contributed by atoms with van der Waals surface area (Å²) >= 11 is 1.04. The first-order chi connectivity index (χ1) is 9.49. The summed E-state index contributed by atoms with van der Waals surface area (Å²) in [4.78, 5) is 0.219. The number of hydrogen-bond acceptors (Lipinski definition) is 7. The van der Waals surface area contributed by atoms with Crippen LogP contribution in [0.2, 0.25) is 0 Å². The lowest BCUT2D eigenvalue weighted by molar-refractivity contribution is 0.598. The van der Waals surface area contributed by atoms with Gasteiger partial charge in [0.15, 0.2) is 9.84 Å². The molecule has 0 atom stereocenters. The zero-order valence-corrected chi connectivity index (χ0v) is 12.3. The molecule has 0 unspecified atom stereocenters. The third kappa shape index (κ3) is 2.61. The normalized spacial score (nSPS) is 11.2. The van der Waals surface area contributed by atoms with E-state index in [0.29, 0.717) is 11.5 Å². The van der Waals surface area contributed by atoms with Crippen molar-refractivity contribution in [2.75, 3.05) is 16.8 Å². The maximum Gasteiger partial charge on any atom is 0.183 e. The summed E-state index contributed by atoms with van der Waals surface area (Å²) in [5.41, 5.74) is 6.67. The largest absolute Gasteiger partial charge is 0.396 e. The first-order valence-electron chi connectivity index (χ1n) is 5.76. The topological polar surface area (TPSA) is 125 Å². The monoisotopic (exact) mass is 311 g/mol. The highest BCUT2D eigenvalue weighted by Gasteiger charge is 2.25. The van der Waals surface area contributed by atoms with Gasteiger partial charge in [-0.05, 0) is 0 Å². The summed E-state index contributed by atoms with van der Waals surface area (Å²) in [7, 11) is -3.49. The highest BCUT2D eigenvalue weighted by Crippen LogP contribution is 2.39. The fourth-order valence-electron chi connectivity index (χ4n) is 1.64. The predicted octanol–water partition coefficient (Wildman–Crippen LogP) is 1.33. The number of thiophene rings is 1. The fourth-order valence-corrected chi connectivity index (χ4v) is 4.10. The molecule has 0 aliphatic carbocycles. The molecule has 0 fully saturated rings. The van der Waals surface area contributed by atoms with Crippen LogP contribution >= 0.6 is 11.3 Å². The molecular formula is C11H13N5O2S2. The molecule has 0 radical (unpaired) electrons. The summed E-state index contributed by atoms with van der Waals surface area (Å²) in [5.74, 6) is -0.0702. The van der Waals surface area contributed by atoms with E-state index in [1.807, 2.05) is 6.07 Å². The zero-order chi connectivity index (χ0) is 14.8. The van der Waals surface area contributed by atoms with Gasteiger partial charge >= 0.3 is 0 Å². The van der Waals surface area contributed by atoms with Crippen molar-refractivity contribution in [3.63, 3.8) is 0 Å². The van der Waals surface area contributed by atoms with Gasteiger partial charge in [0.05, 0.1) is 17.6 Å². The predicted molar refractivity (Wildman–Crippen MR) is 77.1 cm³/mol. The molecule has 0 aromatic carbocycles. The molecule has 0 saturated carbocycles. The van der Waals surface area contributed by atoms with Crippen molar-refractivity contribution >= 4 is 31.9 Å². The molecule has 2 aromatic rings. The third-order valence-electron chi connectivity index (χ3n) is 2.70. The molecule has 0 bridgehead atoms. The number of rotatable bonds is 5. The number of nitriles is 1. The van der Waals surface area contributed by atoms with Crippen LogP contribution in [0.1, 0.15) is 17.4 Å². The lowest BCUT2D eigenvalue weighted by Crippen LogP contribution is -2.09. The SMILES string of the molecule is CCS(=O)(=O)c1c(NCc2cn[nH]c2)sc(C#N)c1N. The van der Waals surface area contributed by atoms with Crippen molar-refractivity contribution < 1.29 is 8.42 Å². The Hall–Kier alpha value is -2.05. The molecule has 0 aliphatic heterocycles. The molecule has 9 heteroatoms. The van der Waals surface area contributed by atoms with Crippen LogP contribution in [-0.4, -0.2) is 24.4 Å². The van der Waals surface area contributed by atoms with Crippen LogP contribution in [0, 0.1) is 11.3 Å². The van der Waals surface area contributed by atoms with E-state index < -0.39 is 9.84 Å². The van der Waals surface area contributed by atoms with Crippen molar-refractivity contribution in [3.8, 4) is 6.07 Å². The van der Waals surface area contributed by atoms with Gasteiger partial charge in [-0.1, -0.05) is 6.92 Å². The summed E-state index contributed by atoms with van der Waals surface area (Å²) in [6.07, 6.45) is 3.33. The number of hydrogen-bond donors (Lipinski definition) is 3. The van der Waals surface area contributed by atoms with Crippen LogP contribution in [0.25, 0.3) is 0 Å². The van der Waals surface area contributed by atoms with Gasteiger partial charge in [0, 0.05) is 18.3 Å². The highest BCUT2D eigenvalue weighted by molar-refractivity contribution is 7.91. The van der Waals surface area contributed by atoms with Crippen LogP contribution in [0.4, 0.5) is 10.7 Å². The number of H-pyrrole nitrogens is 1. The highest BCUT2D eigenvalue weighted by atomic mass is 32.2. The molecule has 20 heavy (non-hydrogen) atoms. The Kier molecular flexibility index (Phi) is 3.96. The first kappa shape index (κ1) is 14.4. The third-order valence-corrected chi connectivity index (χ3v) is 5.70. The quantitative estimate of drug-likeness (QED) is 0.765. The van der Waals surface area contributed by atoms with Crippen molar-refractivity contribution in [1.29, 1.82) is 5.26 Å². The van der Waals surface area contributed by atoms with Gasteiger partial charge in [-0.15, -0.1) is 11.3 Å². The maximum atomic E-state index is 12.1. The van der Waals surface area contributed by atoms with Crippen LogP contribution < -0.4 is 11.1 Å². The Balaban J connectivity index is 2.39. The van der Waals surface area contributed by atoms with Gasteiger partial charge in [-0.3, -0.25) is 5.10 Å². The second-order valence-corrected chi connectivity index (χ2v) is 7.21. The molecule has 0 spiro atoms. The number of nitrogen functional groups attached to an aromatic ring is 1. The van der Waals surface area contributed by atoms with E-state index in [9.17, 15) is 8.42 Å². The van der Waals surface area contributed by atoms with Crippen LogP contribution in [0.5, 0.6) is 0 Å². The number of aromatic nitrogens is 2. The lowest BCUT2D eigenvalue weighted by Gasteiger charge is -2.06. The van der Waals surface area contributed by atoms with E-state index in [-0.39, 0.29) is 21.2 Å². The maximum absolute atomic E-state index is 12.1. The van der Waals surface area contributed by atoms with Gasteiger partial charge in [-0.2, -0.15) is 10.4 Å². The van der Waals surface area contributed by atoms with Crippen molar-refractivity contribution in [1.82, 2.24) is 10.2 Å². The van der Waals surface area contributed by atoms with Crippen LogP contribution in [-0.2, 0) is 16.4 Å². The van der Waals surface area contributed by atoms with E-state index in [1.165, 1.54) is 0 Å². The minimum atomic E-state index is -3.49. The Bertz CT molecular complexity index is 741. The van der Waals surface area contributed by atoms with Gasteiger partial charge in [-0.25, -0.2) is 8.42 Å². The Labute approximate surface area is 120 Å². The molecule has 4 N–H and O–H groups in total. The molecule has 0 aliphatic rings. The van der Waals surface area contributed by atoms with Crippen LogP contribution in [0.15, 0.2) is 17.3 Å². The minimum Gasteiger partial charge on any atom is -0.396 e. The van der Waals surface area contributed by atoms with Gasteiger partial charge < -0.3 is 11.1 Å². The summed E-state index contributed by atoms with van der Waals surface area (Å²) in [6, 6.07) is 1.92. The standard InChI is InChI=1S/C11H13N5O2S2/c1-2-20(17,18)10-9(13)8(3-12)19-11(10)14-4-7-5-15-16-6-7/h5-6,14H,2,4,13H2,1H3,(H,15,16). The second kappa shape index (κ2) is 5.52. The average Bonchev–Trinajstić information content (AvgIpc) is 3.03. The number of nitrogens with two attached hydrogens (primary N) is 1. The number of aromatic amines is 1. The molecule has 0 amide bonds. The summed E-state index contributed by atoms with van der Waals surface area (Å²) < 4.78 is 24.2. The van der Waals surface area contributed by atoms with Gasteiger partial charge in [0.2, 0.25) is 0 Å². The molecule has 106 valence electrons. The van der Waals surface area contributed by atoms with Crippen molar-refractivity contribution in [3.05, 3.63) is 22.8 Å². The minimum absolute atomic E-state index is 0.0186. The molecule has 2 aromatic heterocycles. The Morgan fingerprint density at radius 3 is 2.90 bits per heavy atom. The molecule has 2 rings (SSSR count). The van der Waals surface area contributed by atoms with E-state index in [4.69, 9.17) is 11.0 Å². The van der Waals surface area contributed by atoms with Crippen molar-refractivity contribution in [2.45, 2.75) is 18.4 Å². The molecule has 7 nitrogen and oxygen atoms in total. The van der Waals surface area contributed by atoms with Gasteiger partial charge in [0.1, 0.15) is 20.8 Å². The smallest absolute Gasteiger partial charge is 0.183 e. The first-order valence-corrected chi connectivity index (χ1v) is 8.23. The van der Waals surface area contributed by atoms with E-state index in [1.54, 1.807) is 19.3 Å². The van der Waals surface area contributed by atoms with E-state index in [2.05, 4.69) is 15.5 Å². The summed E-state index contributed by atoms with van der Waals surface area (Å²) in [6.45, 7) is 1.94. The molecule has 0 saturated heterocycles. The summed E-state index contributed by atoms with van der Waals surface area (Å²) in [5, 5.41) is 18.9. The average molecular weight is 311 g/mol. The number of nitrogens with zero attached hydrogens (tertiary/aromatic N) is 2.